The van der Waals surface area contributed by atoms with Gasteiger partial charge in [-0.25, -0.2) is 0 Å². The molecule has 0 radical (unpaired) electrons. The molecule has 2 aliphatic heterocycles. The third-order valence-electron chi connectivity index (χ3n) is 3.37. The smallest absolute Gasteiger partial charge is 0.211 e. The molecule has 3 nitrogen and oxygen atoms in total. The SMILES string of the molecule is COC1(OC)C=CN2C=Cc3ccccc3C2=C1. The summed E-state index contributed by atoms with van der Waals surface area (Å²) in [5.41, 5.74) is 3.47. The molecule has 0 fully saturated rings. The first-order valence-electron chi connectivity index (χ1n) is 5.86. The fraction of sp³-hybridized carbons (Fsp3) is 0.200. The van der Waals surface area contributed by atoms with Crippen LogP contribution in [0.15, 0.2) is 48.8 Å². The maximum Gasteiger partial charge on any atom is 0.211 e. The highest BCUT2D eigenvalue weighted by Crippen LogP contribution is 2.35. The Morgan fingerprint density at radius 3 is 2.61 bits per heavy atom. The van der Waals surface area contributed by atoms with Crippen molar-refractivity contribution in [2.24, 2.45) is 0 Å². The predicted octanol–water partition coefficient (Wildman–Crippen LogP) is 2.83. The highest BCUT2D eigenvalue weighted by atomic mass is 16.7. The van der Waals surface area contributed by atoms with E-state index in [0.717, 1.165) is 5.70 Å². The highest BCUT2D eigenvalue weighted by molar-refractivity contribution is 5.79. The van der Waals surface area contributed by atoms with Gasteiger partial charge in [0.1, 0.15) is 0 Å². The van der Waals surface area contributed by atoms with E-state index in [1.165, 1.54) is 11.1 Å². The molecule has 3 heteroatoms. The lowest BCUT2D eigenvalue weighted by Gasteiger charge is -2.34. The lowest BCUT2D eigenvalue weighted by Crippen LogP contribution is -2.34. The molecule has 0 saturated heterocycles. The van der Waals surface area contributed by atoms with E-state index < -0.39 is 5.79 Å². The van der Waals surface area contributed by atoms with Gasteiger partial charge in [0.25, 0.3) is 0 Å². The van der Waals surface area contributed by atoms with Crippen molar-refractivity contribution in [1.82, 2.24) is 4.90 Å². The van der Waals surface area contributed by atoms with Crippen molar-refractivity contribution in [2.75, 3.05) is 14.2 Å². The van der Waals surface area contributed by atoms with E-state index in [0.29, 0.717) is 0 Å². The number of hydrogen-bond acceptors (Lipinski definition) is 3. The van der Waals surface area contributed by atoms with E-state index in [1.54, 1.807) is 14.2 Å². The van der Waals surface area contributed by atoms with Crippen LogP contribution in [0.4, 0.5) is 0 Å². The van der Waals surface area contributed by atoms with Gasteiger partial charge in [-0.15, -0.1) is 0 Å². The molecule has 0 unspecified atom stereocenters. The summed E-state index contributed by atoms with van der Waals surface area (Å²) in [5, 5.41) is 0. The summed E-state index contributed by atoms with van der Waals surface area (Å²) in [6.07, 6.45) is 10.0. The molecule has 0 atom stereocenters. The Kier molecular flexibility index (Phi) is 2.58. The van der Waals surface area contributed by atoms with Crippen molar-refractivity contribution in [3.63, 3.8) is 0 Å². The third-order valence-corrected chi connectivity index (χ3v) is 3.37. The zero-order chi connectivity index (χ0) is 12.6. The Morgan fingerprint density at radius 2 is 1.83 bits per heavy atom. The van der Waals surface area contributed by atoms with E-state index in [1.807, 2.05) is 36.7 Å². The molecular weight excluding hydrogens is 226 g/mol. The summed E-state index contributed by atoms with van der Waals surface area (Å²) in [6.45, 7) is 0. The summed E-state index contributed by atoms with van der Waals surface area (Å²) in [7, 11) is 3.29. The number of ether oxygens (including phenoxy) is 2. The Bertz CT molecular complexity index is 553. The molecule has 2 aliphatic rings. The van der Waals surface area contributed by atoms with Crippen LogP contribution in [0.1, 0.15) is 11.1 Å². The maximum absolute atomic E-state index is 5.46. The highest BCUT2D eigenvalue weighted by Gasteiger charge is 2.30. The Labute approximate surface area is 107 Å². The normalized spacial score (nSPS) is 19.2. The third kappa shape index (κ3) is 1.60. The molecule has 92 valence electrons. The average molecular weight is 241 g/mol. The number of methoxy groups -OCH3 is 2. The molecule has 18 heavy (non-hydrogen) atoms. The number of fused-ring (bicyclic) bond motifs is 3. The largest absolute Gasteiger partial charge is 0.346 e. The standard InChI is InChI=1S/C15H15NO2/c1-17-15(18-2)8-10-16-9-7-12-5-3-4-6-13(12)14(16)11-15/h3-11H,1-2H3. The van der Waals surface area contributed by atoms with Gasteiger partial charge in [-0.2, -0.15) is 0 Å². The average Bonchev–Trinajstić information content (AvgIpc) is 2.46. The number of benzene rings is 1. The van der Waals surface area contributed by atoms with Crippen LogP contribution in [0.3, 0.4) is 0 Å². The molecule has 0 aromatic heterocycles. The van der Waals surface area contributed by atoms with Crippen LogP contribution in [0.2, 0.25) is 0 Å². The van der Waals surface area contributed by atoms with E-state index in [-0.39, 0.29) is 0 Å². The van der Waals surface area contributed by atoms with Crippen LogP contribution in [-0.2, 0) is 9.47 Å². The number of hydrogen-bond donors (Lipinski definition) is 0. The molecule has 0 bridgehead atoms. The minimum atomic E-state index is -0.774. The van der Waals surface area contributed by atoms with Crippen LogP contribution in [0.5, 0.6) is 0 Å². The van der Waals surface area contributed by atoms with Gasteiger partial charge in [0.05, 0.1) is 5.70 Å². The Hall–Kier alpha value is -1.84. The van der Waals surface area contributed by atoms with Crippen molar-refractivity contribution in [2.45, 2.75) is 5.79 Å². The fourth-order valence-electron chi connectivity index (χ4n) is 2.30. The van der Waals surface area contributed by atoms with Gasteiger partial charge in [-0.1, -0.05) is 24.3 Å². The first-order valence-corrected chi connectivity index (χ1v) is 5.86. The fourth-order valence-corrected chi connectivity index (χ4v) is 2.30. The zero-order valence-electron chi connectivity index (χ0n) is 10.5. The molecule has 0 aliphatic carbocycles. The van der Waals surface area contributed by atoms with Crippen LogP contribution < -0.4 is 0 Å². The lowest BCUT2D eigenvalue weighted by atomic mass is 9.97. The molecule has 0 amide bonds. The van der Waals surface area contributed by atoms with Crippen molar-refractivity contribution in [1.29, 1.82) is 0 Å². The second-order valence-corrected chi connectivity index (χ2v) is 4.29. The van der Waals surface area contributed by atoms with Gasteiger partial charge in [-0.3, -0.25) is 0 Å². The molecule has 0 saturated carbocycles. The summed E-state index contributed by atoms with van der Waals surface area (Å²) >= 11 is 0. The van der Waals surface area contributed by atoms with Gasteiger partial charge < -0.3 is 14.4 Å². The molecule has 3 rings (SSSR count). The molecule has 2 heterocycles. The summed E-state index contributed by atoms with van der Waals surface area (Å²) < 4.78 is 10.9. The van der Waals surface area contributed by atoms with Crippen LogP contribution in [0.25, 0.3) is 11.8 Å². The molecular formula is C15H15NO2. The van der Waals surface area contributed by atoms with E-state index >= 15 is 0 Å². The van der Waals surface area contributed by atoms with Gasteiger partial charge in [0, 0.05) is 38.3 Å². The second-order valence-electron chi connectivity index (χ2n) is 4.29. The molecule has 0 spiro atoms. The van der Waals surface area contributed by atoms with Crippen molar-refractivity contribution >= 4 is 11.8 Å². The number of nitrogens with zero attached hydrogens (tertiary/aromatic N) is 1. The van der Waals surface area contributed by atoms with Crippen molar-refractivity contribution < 1.29 is 9.47 Å². The van der Waals surface area contributed by atoms with Gasteiger partial charge >= 0.3 is 0 Å². The zero-order valence-corrected chi connectivity index (χ0v) is 10.5. The van der Waals surface area contributed by atoms with Crippen molar-refractivity contribution in [3.8, 4) is 0 Å². The Balaban J connectivity index is 2.13. The van der Waals surface area contributed by atoms with Gasteiger partial charge in [0.15, 0.2) is 0 Å². The maximum atomic E-state index is 5.46. The van der Waals surface area contributed by atoms with E-state index in [9.17, 15) is 0 Å². The van der Waals surface area contributed by atoms with E-state index in [2.05, 4.69) is 23.1 Å². The minimum absolute atomic E-state index is 0.774. The quantitative estimate of drug-likeness (QED) is 0.743. The minimum Gasteiger partial charge on any atom is -0.346 e. The van der Waals surface area contributed by atoms with Gasteiger partial charge in [-0.05, 0) is 17.7 Å². The van der Waals surface area contributed by atoms with Crippen molar-refractivity contribution in [3.05, 3.63) is 59.9 Å². The number of rotatable bonds is 2. The molecule has 0 N–H and O–H groups in total. The van der Waals surface area contributed by atoms with Crippen LogP contribution in [0, 0.1) is 0 Å². The second kappa shape index (κ2) is 4.12. The predicted molar refractivity (Wildman–Crippen MR) is 71.2 cm³/mol. The Morgan fingerprint density at radius 1 is 1.06 bits per heavy atom. The summed E-state index contributed by atoms with van der Waals surface area (Å²) in [5.74, 6) is -0.774. The summed E-state index contributed by atoms with van der Waals surface area (Å²) in [6, 6.07) is 8.28. The first-order chi connectivity index (χ1) is 8.78. The van der Waals surface area contributed by atoms with Gasteiger partial charge in [0.2, 0.25) is 5.79 Å². The topological polar surface area (TPSA) is 21.7 Å². The monoisotopic (exact) mass is 241 g/mol. The van der Waals surface area contributed by atoms with Crippen LogP contribution in [-0.4, -0.2) is 24.9 Å². The van der Waals surface area contributed by atoms with E-state index in [4.69, 9.17) is 9.47 Å². The first kappa shape index (κ1) is 11.3. The lowest BCUT2D eigenvalue weighted by molar-refractivity contribution is -0.134. The molecule has 1 aromatic rings. The van der Waals surface area contributed by atoms with Crippen LogP contribution >= 0.6 is 0 Å². The summed E-state index contributed by atoms with van der Waals surface area (Å²) in [4.78, 5) is 2.07. The molecule has 1 aromatic carbocycles.